The number of ether oxygens (including phenoxy) is 1. The minimum Gasteiger partial charge on any atom is -0.452 e. The van der Waals surface area contributed by atoms with Gasteiger partial charge in [0, 0.05) is 17.1 Å². The van der Waals surface area contributed by atoms with E-state index in [1.807, 2.05) is 19.9 Å². The Morgan fingerprint density at radius 3 is 2.46 bits per heavy atom. The molecule has 2 aromatic rings. The Labute approximate surface area is 155 Å². The fraction of sp³-hybridized carbons (Fsp3) is 0.333. The second kappa shape index (κ2) is 8.75. The summed E-state index contributed by atoms with van der Waals surface area (Å²) in [5.41, 5.74) is 2.41. The number of nitrogens with one attached hydrogen (secondary N) is 1. The first-order chi connectivity index (χ1) is 12.2. The lowest BCUT2D eigenvalue weighted by Gasteiger charge is -2.13. The van der Waals surface area contributed by atoms with Gasteiger partial charge in [0.1, 0.15) is 5.82 Å². The van der Waals surface area contributed by atoms with Crippen LogP contribution in [0.3, 0.4) is 0 Å². The van der Waals surface area contributed by atoms with Crippen molar-refractivity contribution in [2.45, 2.75) is 39.0 Å². The predicted octanol–water partition coefficient (Wildman–Crippen LogP) is 3.20. The molecule has 0 bridgehead atoms. The van der Waals surface area contributed by atoms with Crippen molar-refractivity contribution in [2.75, 3.05) is 11.1 Å². The third-order valence-electron chi connectivity index (χ3n) is 3.40. The van der Waals surface area contributed by atoms with Gasteiger partial charge in [-0.2, -0.15) is 0 Å². The molecule has 1 aromatic carbocycles. The number of carbonyl (C=O) groups is 2. The Kier molecular flexibility index (Phi) is 6.68. The Morgan fingerprint density at radius 1 is 1.19 bits per heavy atom. The summed E-state index contributed by atoms with van der Waals surface area (Å²) >= 11 is 1.14. The minimum absolute atomic E-state index is 0.0142. The summed E-state index contributed by atoms with van der Waals surface area (Å²) in [5.74, 6) is -1.53. The Hall–Kier alpha value is -2.48. The van der Waals surface area contributed by atoms with Crippen molar-refractivity contribution in [1.29, 1.82) is 0 Å². The summed E-state index contributed by atoms with van der Waals surface area (Å²) in [4.78, 5) is 32.4. The van der Waals surface area contributed by atoms with Crippen molar-refractivity contribution in [2.24, 2.45) is 0 Å². The summed E-state index contributed by atoms with van der Waals surface area (Å²) in [5, 5.41) is 2.99. The van der Waals surface area contributed by atoms with Crippen molar-refractivity contribution >= 4 is 29.3 Å². The Bertz CT molecular complexity index is 809. The summed E-state index contributed by atoms with van der Waals surface area (Å²) < 4.78 is 18.6. The molecule has 8 heteroatoms. The van der Waals surface area contributed by atoms with Gasteiger partial charge in [0.2, 0.25) is 0 Å². The van der Waals surface area contributed by atoms with Gasteiger partial charge < -0.3 is 10.1 Å². The molecule has 0 saturated carbocycles. The van der Waals surface area contributed by atoms with Crippen molar-refractivity contribution in [1.82, 2.24) is 9.97 Å². The summed E-state index contributed by atoms with van der Waals surface area (Å²) in [6.45, 7) is 6.77. The molecule has 1 aromatic heterocycles. The molecule has 0 fully saturated rings. The summed E-state index contributed by atoms with van der Waals surface area (Å²) in [6, 6.07) is 6.19. The lowest BCUT2D eigenvalue weighted by atomic mass is 10.2. The molecule has 0 aliphatic rings. The zero-order chi connectivity index (χ0) is 19.3. The van der Waals surface area contributed by atoms with Crippen LogP contribution in [0.1, 0.15) is 23.9 Å². The summed E-state index contributed by atoms with van der Waals surface area (Å²) in [6.07, 6.45) is -1.01. The fourth-order valence-corrected chi connectivity index (χ4v) is 2.81. The van der Waals surface area contributed by atoms with Crippen LogP contribution in [-0.2, 0) is 14.3 Å². The van der Waals surface area contributed by atoms with Crippen LogP contribution >= 0.6 is 11.8 Å². The third kappa shape index (κ3) is 5.80. The van der Waals surface area contributed by atoms with E-state index in [-0.39, 0.29) is 5.75 Å². The first-order valence-corrected chi connectivity index (χ1v) is 8.94. The number of nitrogens with zero attached hydrogens (tertiary/aromatic N) is 2. The number of aromatic nitrogens is 2. The predicted molar refractivity (Wildman–Crippen MR) is 97.6 cm³/mol. The largest absolute Gasteiger partial charge is 0.452 e. The first-order valence-electron chi connectivity index (χ1n) is 7.96. The molecular weight excluding hydrogens is 357 g/mol. The van der Waals surface area contributed by atoms with Gasteiger partial charge in [-0.05, 0) is 51.5 Å². The van der Waals surface area contributed by atoms with Crippen molar-refractivity contribution in [3.05, 3.63) is 47.0 Å². The van der Waals surface area contributed by atoms with Crippen molar-refractivity contribution < 1.29 is 18.7 Å². The van der Waals surface area contributed by atoms with E-state index in [9.17, 15) is 14.0 Å². The van der Waals surface area contributed by atoms with Crippen LogP contribution in [0.2, 0.25) is 0 Å². The van der Waals surface area contributed by atoms with E-state index < -0.39 is 23.8 Å². The number of rotatable bonds is 6. The van der Waals surface area contributed by atoms with Gasteiger partial charge in [-0.1, -0.05) is 17.8 Å². The van der Waals surface area contributed by atoms with Crippen LogP contribution in [0, 0.1) is 26.6 Å². The lowest BCUT2D eigenvalue weighted by molar-refractivity contribution is -0.150. The molecule has 2 rings (SSSR count). The second-order valence-corrected chi connectivity index (χ2v) is 6.75. The highest BCUT2D eigenvalue weighted by molar-refractivity contribution is 7.99. The highest BCUT2D eigenvalue weighted by atomic mass is 32.2. The van der Waals surface area contributed by atoms with Gasteiger partial charge in [-0.3, -0.25) is 9.59 Å². The SMILES string of the molecule is Cc1cc(C)nc(SCC(=O)O[C@@H](C)C(=O)Nc2ccc(C)c(F)c2)n1. The maximum atomic E-state index is 13.5. The molecule has 138 valence electrons. The van der Waals surface area contributed by atoms with E-state index in [2.05, 4.69) is 15.3 Å². The summed E-state index contributed by atoms with van der Waals surface area (Å²) in [7, 11) is 0. The van der Waals surface area contributed by atoms with E-state index in [1.165, 1.54) is 13.0 Å². The first kappa shape index (κ1) is 19.8. The number of hydrogen-bond donors (Lipinski definition) is 1. The van der Waals surface area contributed by atoms with Gasteiger partial charge in [0.15, 0.2) is 11.3 Å². The standard InChI is InChI=1S/C18H20FN3O3S/c1-10-5-6-14(8-15(10)19)22-17(24)13(4)25-16(23)9-26-18-20-11(2)7-12(3)21-18/h5-8,13H,9H2,1-4H3,(H,22,24)/t13-/m0/s1. The number of halogens is 1. The van der Waals surface area contributed by atoms with Crippen LogP contribution < -0.4 is 5.32 Å². The normalized spacial score (nSPS) is 11.7. The molecule has 0 saturated heterocycles. The maximum Gasteiger partial charge on any atom is 0.317 e. The second-order valence-electron chi connectivity index (χ2n) is 5.81. The highest BCUT2D eigenvalue weighted by Crippen LogP contribution is 2.16. The molecule has 0 aliphatic heterocycles. The third-order valence-corrected chi connectivity index (χ3v) is 4.22. The van der Waals surface area contributed by atoms with Crippen LogP contribution in [-0.4, -0.2) is 33.7 Å². The number of esters is 1. The number of carbonyl (C=O) groups excluding carboxylic acids is 2. The zero-order valence-corrected chi connectivity index (χ0v) is 15.8. The van der Waals surface area contributed by atoms with Gasteiger partial charge in [-0.15, -0.1) is 0 Å². The molecule has 6 nitrogen and oxygen atoms in total. The lowest BCUT2D eigenvalue weighted by Crippen LogP contribution is -2.30. The molecule has 0 aliphatic carbocycles. The van der Waals surface area contributed by atoms with Crippen LogP contribution in [0.5, 0.6) is 0 Å². The smallest absolute Gasteiger partial charge is 0.317 e. The number of aryl methyl sites for hydroxylation is 3. The average molecular weight is 377 g/mol. The molecule has 0 radical (unpaired) electrons. The molecule has 1 amide bonds. The van der Waals surface area contributed by atoms with E-state index >= 15 is 0 Å². The van der Waals surface area contributed by atoms with Crippen molar-refractivity contribution in [3.63, 3.8) is 0 Å². The number of amides is 1. The number of thioether (sulfide) groups is 1. The molecular formula is C18H20FN3O3S. The monoisotopic (exact) mass is 377 g/mol. The fourth-order valence-electron chi connectivity index (χ4n) is 2.08. The topological polar surface area (TPSA) is 81.2 Å². The average Bonchev–Trinajstić information content (AvgIpc) is 2.55. The van der Waals surface area contributed by atoms with E-state index in [4.69, 9.17) is 4.74 Å². The molecule has 1 N–H and O–H groups in total. The van der Waals surface area contributed by atoms with E-state index in [0.29, 0.717) is 16.4 Å². The minimum atomic E-state index is -1.01. The molecule has 1 atom stereocenters. The molecule has 1 heterocycles. The van der Waals surface area contributed by atoms with Gasteiger partial charge in [-0.25, -0.2) is 14.4 Å². The van der Waals surface area contributed by atoms with Crippen LogP contribution in [0.25, 0.3) is 0 Å². The number of hydrogen-bond acceptors (Lipinski definition) is 6. The van der Waals surface area contributed by atoms with E-state index in [0.717, 1.165) is 23.1 Å². The van der Waals surface area contributed by atoms with Gasteiger partial charge in [0.25, 0.3) is 5.91 Å². The Morgan fingerprint density at radius 2 is 1.85 bits per heavy atom. The van der Waals surface area contributed by atoms with Crippen LogP contribution in [0.4, 0.5) is 10.1 Å². The molecule has 0 unspecified atom stereocenters. The van der Waals surface area contributed by atoms with Crippen molar-refractivity contribution in [3.8, 4) is 0 Å². The molecule has 0 spiro atoms. The van der Waals surface area contributed by atoms with Crippen LogP contribution in [0.15, 0.2) is 29.4 Å². The maximum absolute atomic E-state index is 13.5. The quantitative estimate of drug-likeness (QED) is 0.473. The molecule has 26 heavy (non-hydrogen) atoms. The Balaban J connectivity index is 1.85. The number of benzene rings is 1. The van der Waals surface area contributed by atoms with Gasteiger partial charge >= 0.3 is 5.97 Å². The number of anilines is 1. The van der Waals surface area contributed by atoms with E-state index in [1.54, 1.807) is 19.1 Å². The van der Waals surface area contributed by atoms with Gasteiger partial charge in [0.05, 0.1) is 5.75 Å². The highest BCUT2D eigenvalue weighted by Gasteiger charge is 2.19. The zero-order valence-electron chi connectivity index (χ0n) is 15.0.